The number of nitrogens with zero attached hydrogens (tertiary/aromatic N) is 2. The van der Waals surface area contributed by atoms with E-state index in [0.29, 0.717) is 0 Å². The van der Waals surface area contributed by atoms with Crippen molar-refractivity contribution < 1.29 is 14.2 Å². The van der Waals surface area contributed by atoms with Crippen LogP contribution in [0.25, 0.3) is 0 Å². The Morgan fingerprint density at radius 1 is 1.16 bits per heavy atom. The fraction of sp³-hybridized carbons (Fsp3) is 0.684. The highest BCUT2D eigenvalue weighted by Gasteiger charge is 2.42. The number of benzene rings is 1. The van der Waals surface area contributed by atoms with Crippen molar-refractivity contribution in [3.63, 3.8) is 0 Å². The highest BCUT2D eigenvalue weighted by Crippen LogP contribution is 2.33. The number of piperidine rings is 1. The number of hydrogen-bond donors (Lipinski definition) is 1. The summed E-state index contributed by atoms with van der Waals surface area (Å²) in [5, 5.41) is 3.38. The van der Waals surface area contributed by atoms with Gasteiger partial charge in [0.25, 0.3) is 0 Å². The van der Waals surface area contributed by atoms with Gasteiger partial charge in [-0.15, -0.1) is 0 Å². The minimum Gasteiger partial charge on any atom is -0.495 e. The maximum Gasteiger partial charge on any atom is 0.171 e. The summed E-state index contributed by atoms with van der Waals surface area (Å²) in [4.78, 5) is 4.91. The lowest BCUT2D eigenvalue weighted by atomic mass is 10.1. The maximum atomic E-state index is 6.30. The first-order valence-electron chi connectivity index (χ1n) is 9.41. The first-order valence-corrected chi connectivity index (χ1v) is 9.41. The van der Waals surface area contributed by atoms with Crippen LogP contribution in [-0.2, 0) is 9.47 Å². The Balaban J connectivity index is 1.28. The summed E-state index contributed by atoms with van der Waals surface area (Å²) in [5.41, 5.74) is 1.19. The Hall–Kier alpha value is -1.34. The van der Waals surface area contributed by atoms with Gasteiger partial charge in [0, 0.05) is 58.7 Å². The molecule has 1 spiro atoms. The average Bonchev–Trinajstić information content (AvgIpc) is 3.04. The van der Waals surface area contributed by atoms with Crippen molar-refractivity contribution in [2.24, 2.45) is 0 Å². The Bertz CT molecular complexity index is 569. The number of piperazine rings is 1. The molecule has 3 saturated heterocycles. The normalized spacial score (nSPS) is 26.9. The summed E-state index contributed by atoms with van der Waals surface area (Å²) in [5.74, 6) is 0.645. The summed E-state index contributed by atoms with van der Waals surface area (Å²) >= 11 is 0. The topological polar surface area (TPSA) is 46.2 Å². The van der Waals surface area contributed by atoms with E-state index in [1.807, 2.05) is 12.1 Å². The number of methoxy groups -OCH3 is 1. The molecule has 6 heteroatoms. The van der Waals surface area contributed by atoms with Crippen LogP contribution in [-0.4, -0.2) is 76.3 Å². The Kier molecular flexibility index (Phi) is 5.12. The molecule has 1 N–H and O–H groups in total. The molecule has 4 rings (SSSR count). The van der Waals surface area contributed by atoms with E-state index in [1.54, 1.807) is 7.11 Å². The molecule has 138 valence electrons. The fourth-order valence-corrected chi connectivity index (χ4v) is 4.13. The zero-order valence-corrected chi connectivity index (χ0v) is 15.1. The predicted octanol–water partition coefficient (Wildman–Crippen LogP) is 1.31. The third-order valence-corrected chi connectivity index (χ3v) is 5.54. The van der Waals surface area contributed by atoms with E-state index in [-0.39, 0.29) is 11.9 Å². The van der Waals surface area contributed by atoms with Crippen LogP contribution in [0.2, 0.25) is 0 Å². The van der Waals surface area contributed by atoms with Crippen LogP contribution in [0.4, 0.5) is 5.69 Å². The molecule has 0 radical (unpaired) electrons. The third-order valence-electron chi connectivity index (χ3n) is 5.54. The summed E-state index contributed by atoms with van der Waals surface area (Å²) in [6.07, 6.45) is 2.13. The highest BCUT2D eigenvalue weighted by atomic mass is 16.7. The molecule has 1 atom stereocenters. The van der Waals surface area contributed by atoms with Crippen molar-refractivity contribution in [3.8, 4) is 5.75 Å². The van der Waals surface area contributed by atoms with Gasteiger partial charge in [0.05, 0.1) is 25.5 Å². The molecule has 0 aromatic heterocycles. The predicted molar refractivity (Wildman–Crippen MR) is 97.3 cm³/mol. The molecular formula is C19H29N3O3. The lowest BCUT2D eigenvalue weighted by Gasteiger charge is -2.37. The Labute approximate surface area is 150 Å². The van der Waals surface area contributed by atoms with Crippen molar-refractivity contribution in [1.82, 2.24) is 10.2 Å². The SMILES string of the molecule is COc1ccccc1N1CCN(CC2COC3(CCNCC3)O2)CC1. The summed E-state index contributed by atoms with van der Waals surface area (Å²) < 4.78 is 17.8. The number of ether oxygens (including phenoxy) is 3. The van der Waals surface area contributed by atoms with Gasteiger partial charge >= 0.3 is 0 Å². The smallest absolute Gasteiger partial charge is 0.171 e. The first kappa shape index (κ1) is 17.1. The van der Waals surface area contributed by atoms with Gasteiger partial charge in [-0.05, 0) is 12.1 Å². The van der Waals surface area contributed by atoms with Gasteiger partial charge in [0.15, 0.2) is 5.79 Å². The van der Waals surface area contributed by atoms with Crippen molar-refractivity contribution in [3.05, 3.63) is 24.3 Å². The van der Waals surface area contributed by atoms with Crippen LogP contribution in [0.1, 0.15) is 12.8 Å². The number of nitrogens with one attached hydrogen (secondary N) is 1. The summed E-state index contributed by atoms with van der Waals surface area (Å²) in [6.45, 7) is 7.81. The van der Waals surface area contributed by atoms with Crippen LogP contribution < -0.4 is 15.0 Å². The molecule has 3 aliphatic rings. The molecule has 3 fully saturated rings. The van der Waals surface area contributed by atoms with Crippen molar-refractivity contribution in [2.45, 2.75) is 24.7 Å². The number of hydrogen-bond acceptors (Lipinski definition) is 6. The van der Waals surface area contributed by atoms with Gasteiger partial charge in [-0.3, -0.25) is 4.90 Å². The molecule has 1 unspecified atom stereocenters. The molecule has 0 amide bonds. The molecule has 0 saturated carbocycles. The Morgan fingerprint density at radius 3 is 2.68 bits per heavy atom. The van der Waals surface area contributed by atoms with Gasteiger partial charge in [-0.1, -0.05) is 12.1 Å². The van der Waals surface area contributed by atoms with E-state index in [2.05, 4.69) is 27.2 Å². The van der Waals surface area contributed by atoms with E-state index < -0.39 is 0 Å². The van der Waals surface area contributed by atoms with Crippen molar-refractivity contribution >= 4 is 5.69 Å². The molecule has 0 bridgehead atoms. The zero-order chi connectivity index (χ0) is 17.1. The molecule has 25 heavy (non-hydrogen) atoms. The van der Waals surface area contributed by atoms with E-state index in [4.69, 9.17) is 14.2 Å². The second-order valence-corrected chi connectivity index (χ2v) is 7.17. The van der Waals surface area contributed by atoms with Crippen molar-refractivity contribution in [1.29, 1.82) is 0 Å². The van der Waals surface area contributed by atoms with Crippen LogP contribution >= 0.6 is 0 Å². The van der Waals surface area contributed by atoms with Crippen LogP contribution in [0.5, 0.6) is 5.75 Å². The fourth-order valence-electron chi connectivity index (χ4n) is 4.13. The van der Waals surface area contributed by atoms with Crippen LogP contribution in [0, 0.1) is 0 Å². The second kappa shape index (κ2) is 7.50. The number of rotatable bonds is 4. The zero-order valence-electron chi connectivity index (χ0n) is 15.1. The number of para-hydroxylation sites is 2. The molecular weight excluding hydrogens is 318 g/mol. The largest absolute Gasteiger partial charge is 0.495 e. The van der Waals surface area contributed by atoms with Gasteiger partial charge in [-0.2, -0.15) is 0 Å². The average molecular weight is 347 g/mol. The lowest BCUT2D eigenvalue weighted by molar-refractivity contribution is -0.184. The summed E-state index contributed by atoms with van der Waals surface area (Å²) in [6, 6.07) is 8.27. The highest BCUT2D eigenvalue weighted by molar-refractivity contribution is 5.58. The van der Waals surface area contributed by atoms with Crippen LogP contribution in [0.15, 0.2) is 24.3 Å². The molecule has 3 heterocycles. The van der Waals surface area contributed by atoms with Gasteiger partial charge in [0.2, 0.25) is 0 Å². The maximum absolute atomic E-state index is 6.30. The minimum atomic E-state index is -0.310. The quantitative estimate of drug-likeness (QED) is 0.886. The number of anilines is 1. The van der Waals surface area contributed by atoms with E-state index >= 15 is 0 Å². The molecule has 1 aromatic carbocycles. The van der Waals surface area contributed by atoms with Gasteiger partial charge in [-0.25, -0.2) is 0 Å². The van der Waals surface area contributed by atoms with Crippen molar-refractivity contribution in [2.75, 3.05) is 64.4 Å². The third kappa shape index (κ3) is 3.77. The molecule has 6 nitrogen and oxygen atoms in total. The van der Waals surface area contributed by atoms with E-state index in [0.717, 1.165) is 71.0 Å². The van der Waals surface area contributed by atoms with E-state index in [1.165, 1.54) is 5.69 Å². The second-order valence-electron chi connectivity index (χ2n) is 7.17. The van der Waals surface area contributed by atoms with Gasteiger partial charge < -0.3 is 24.4 Å². The molecule has 0 aliphatic carbocycles. The standard InChI is InChI=1S/C19H29N3O3/c1-23-18-5-3-2-4-17(18)22-12-10-21(11-13-22)14-16-15-24-19(25-16)6-8-20-9-7-19/h2-5,16,20H,6-15H2,1H3. The minimum absolute atomic E-state index is 0.205. The monoisotopic (exact) mass is 347 g/mol. The van der Waals surface area contributed by atoms with Crippen LogP contribution in [0.3, 0.4) is 0 Å². The Morgan fingerprint density at radius 2 is 1.92 bits per heavy atom. The van der Waals surface area contributed by atoms with E-state index in [9.17, 15) is 0 Å². The first-order chi connectivity index (χ1) is 12.3. The van der Waals surface area contributed by atoms with Gasteiger partial charge in [0.1, 0.15) is 5.75 Å². The molecule has 3 aliphatic heterocycles. The summed E-state index contributed by atoms with van der Waals surface area (Å²) in [7, 11) is 1.74. The molecule has 1 aromatic rings. The lowest BCUT2D eigenvalue weighted by Crippen LogP contribution is -2.49.